The Kier molecular flexibility index (Phi) is 4.38. The van der Waals surface area contributed by atoms with E-state index in [9.17, 15) is 4.79 Å². The van der Waals surface area contributed by atoms with Crippen LogP contribution in [-0.4, -0.2) is 15.9 Å². The van der Waals surface area contributed by atoms with Crippen molar-refractivity contribution in [2.45, 2.75) is 13.3 Å². The minimum atomic E-state index is 0.145. The number of carbonyl (C=O) groups excluding carboxylic acids is 1. The highest BCUT2D eigenvalue weighted by Gasteiger charge is 1.97. The maximum absolute atomic E-state index is 10.8. The minimum absolute atomic E-state index is 0.145. The van der Waals surface area contributed by atoms with Gasteiger partial charge in [-0.05, 0) is 12.1 Å². The average Bonchev–Trinajstić information content (AvgIpc) is 2.38. The van der Waals surface area contributed by atoms with E-state index in [4.69, 9.17) is 0 Å². The molecule has 0 radical (unpaired) electrons. The third kappa shape index (κ3) is 3.35. The monoisotopic (exact) mass is 255 g/mol. The van der Waals surface area contributed by atoms with Crippen LogP contribution in [0.4, 0.5) is 0 Å². The zero-order valence-corrected chi connectivity index (χ0v) is 11.0. The first-order valence-electron chi connectivity index (χ1n) is 5.73. The number of fused-ring (bicyclic) bond motifs is 1. The third-order valence-electron chi connectivity index (χ3n) is 2.40. The molecule has 0 N–H and O–H groups in total. The summed E-state index contributed by atoms with van der Waals surface area (Å²) in [4.78, 5) is 15.1. The Labute approximate surface area is 111 Å². The molecule has 90 valence electrons. The van der Waals surface area contributed by atoms with Crippen LogP contribution in [0, 0.1) is 11.8 Å². The van der Waals surface area contributed by atoms with Crippen molar-refractivity contribution in [3.63, 3.8) is 0 Å². The van der Waals surface area contributed by atoms with Crippen molar-refractivity contribution in [2.24, 2.45) is 0 Å². The van der Waals surface area contributed by atoms with E-state index < -0.39 is 0 Å². The standard InChI is InChI=1S/C15H13NOS/c1-12(17)18-11-5-4-6-13-9-10-16-15-8-3-2-7-14(13)15/h2-3,7-10H,5,11H2,1H3. The fourth-order valence-corrected chi connectivity index (χ4v) is 2.10. The van der Waals surface area contributed by atoms with Gasteiger partial charge in [0.1, 0.15) is 0 Å². The van der Waals surface area contributed by atoms with Crippen molar-refractivity contribution < 1.29 is 4.79 Å². The number of aromatic nitrogens is 1. The lowest BCUT2D eigenvalue weighted by molar-refractivity contribution is -0.109. The zero-order chi connectivity index (χ0) is 12.8. The maximum atomic E-state index is 10.8. The van der Waals surface area contributed by atoms with Gasteiger partial charge in [-0.1, -0.05) is 41.8 Å². The molecule has 0 amide bonds. The highest BCUT2D eigenvalue weighted by atomic mass is 32.2. The molecule has 1 heterocycles. The van der Waals surface area contributed by atoms with Crippen molar-refractivity contribution in [3.05, 3.63) is 42.1 Å². The summed E-state index contributed by atoms with van der Waals surface area (Å²) in [5, 5.41) is 1.22. The number of rotatable bonds is 2. The van der Waals surface area contributed by atoms with Crippen LogP contribution in [0.1, 0.15) is 18.9 Å². The molecule has 0 aliphatic heterocycles. The van der Waals surface area contributed by atoms with Crippen molar-refractivity contribution in [1.29, 1.82) is 0 Å². The molecule has 0 aliphatic carbocycles. The van der Waals surface area contributed by atoms with E-state index in [1.54, 1.807) is 13.1 Å². The van der Waals surface area contributed by atoms with Crippen molar-refractivity contribution in [1.82, 2.24) is 4.98 Å². The fourth-order valence-electron chi connectivity index (χ4n) is 1.61. The summed E-state index contributed by atoms with van der Waals surface area (Å²) < 4.78 is 0. The first kappa shape index (κ1) is 12.7. The van der Waals surface area contributed by atoms with Crippen LogP contribution < -0.4 is 0 Å². The predicted molar refractivity (Wildman–Crippen MR) is 76.4 cm³/mol. The molecule has 0 bridgehead atoms. The molecule has 2 rings (SSSR count). The van der Waals surface area contributed by atoms with Gasteiger partial charge in [-0.25, -0.2) is 0 Å². The Morgan fingerprint density at radius 1 is 1.33 bits per heavy atom. The average molecular weight is 255 g/mol. The molecule has 0 fully saturated rings. The number of carbonyl (C=O) groups is 1. The molecule has 0 spiro atoms. The first-order chi connectivity index (χ1) is 8.77. The van der Waals surface area contributed by atoms with Crippen LogP contribution in [0.5, 0.6) is 0 Å². The summed E-state index contributed by atoms with van der Waals surface area (Å²) in [6, 6.07) is 9.88. The van der Waals surface area contributed by atoms with E-state index in [1.807, 2.05) is 30.3 Å². The molecule has 18 heavy (non-hydrogen) atoms. The van der Waals surface area contributed by atoms with Crippen molar-refractivity contribution >= 4 is 27.8 Å². The summed E-state index contributed by atoms with van der Waals surface area (Å²) in [5.41, 5.74) is 1.95. The first-order valence-corrected chi connectivity index (χ1v) is 6.72. The Balaban J connectivity index is 2.12. The Hall–Kier alpha value is -1.79. The second kappa shape index (κ2) is 6.23. The van der Waals surface area contributed by atoms with E-state index in [0.29, 0.717) is 0 Å². The normalized spacial score (nSPS) is 9.83. The van der Waals surface area contributed by atoms with Crippen LogP contribution in [0.3, 0.4) is 0 Å². The quantitative estimate of drug-likeness (QED) is 0.609. The van der Waals surface area contributed by atoms with E-state index >= 15 is 0 Å². The Bertz CT molecular complexity index is 620. The Morgan fingerprint density at radius 3 is 3.00 bits per heavy atom. The maximum Gasteiger partial charge on any atom is 0.185 e. The van der Waals surface area contributed by atoms with Crippen LogP contribution >= 0.6 is 11.8 Å². The molecule has 1 aromatic heterocycles. The molecule has 2 nitrogen and oxygen atoms in total. The van der Waals surface area contributed by atoms with Gasteiger partial charge in [0.15, 0.2) is 5.12 Å². The predicted octanol–water partition coefficient (Wildman–Crippen LogP) is 3.26. The van der Waals surface area contributed by atoms with Gasteiger partial charge in [-0.15, -0.1) is 0 Å². The summed E-state index contributed by atoms with van der Waals surface area (Å²) in [6.45, 7) is 1.58. The second-order valence-corrected chi connectivity index (χ2v) is 5.04. The second-order valence-electron chi connectivity index (χ2n) is 3.77. The third-order valence-corrected chi connectivity index (χ3v) is 3.22. The number of pyridine rings is 1. The minimum Gasteiger partial charge on any atom is -0.288 e. The van der Waals surface area contributed by atoms with Gasteiger partial charge in [0, 0.05) is 36.2 Å². The van der Waals surface area contributed by atoms with E-state index in [2.05, 4.69) is 16.8 Å². The molecule has 0 saturated carbocycles. The molecule has 1 aromatic carbocycles. The molecular weight excluding hydrogens is 242 g/mol. The topological polar surface area (TPSA) is 30.0 Å². The largest absolute Gasteiger partial charge is 0.288 e. The van der Waals surface area contributed by atoms with Gasteiger partial charge in [-0.2, -0.15) is 0 Å². The van der Waals surface area contributed by atoms with Gasteiger partial charge >= 0.3 is 0 Å². The molecule has 3 heteroatoms. The number of nitrogens with zero attached hydrogens (tertiary/aromatic N) is 1. The lowest BCUT2D eigenvalue weighted by Crippen LogP contribution is -1.85. The van der Waals surface area contributed by atoms with E-state index in [-0.39, 0.29) is 5.12 Å². The molecule has 0 unspecified atom stereocenters. The van der Waals surface area contributed by atoms with Gasteiger partial charge < -0.3 is 0 Å². The molecule has 0 atom stereocenters. The highest BCUT2D eigenvalue weighted by Crippen LogP contribution is 2.14. The van der Waals surface area contributed by atoms with E-state index in [1.165, 1.54) is 11.8 Å². The van der Waals surface area contributed by atoms with Crippen LogP contribution in [0.25, 0.3) is 10.9 Å². The number of thioether (sulfide) groups is 1. The summed E-state index contributed by atoms with van der Waals surface area (Å²) in [6.07, 6.45) is 2.50. The summed E-state index contributed by atoms with van der Waals surface area (Å²) >= 11 is 1.32. The van der Waals surface area contributed by atoms with Crippen molar-refractivity contribution in [2.75, 3.05) is 5.75 Å². The van der Waals surface area contributed by atoms with Gasteiger partial charge in [-0.3, -0.25) is 9.78 Å². The van der Waals surface area contributed by atoms with Crippen LogP contribution in [-0.2, 0) is 4.79 Å². The fraction of sp³-hybridized carbons (Fsp3) is 0.200. The molecule has 0 saturated heterocycles. The number of benzene rings is 1. The van der Waals surface area contributed by atoms with Gasteiger partial charge in [0.25, 0.3) is 0 Å². The lowest BCUT2D eigenvalue weighted by Gasteiger charge is -1.98. The number of hydrogen-bond donors (Lipinski definition) is 0. The summed E-state index contributed by atoms with van der Waals surface area (Å²) in [5.74, 6) is 7.00. The van der Waals surface area contributed by atoms with Crippen LogP contribution in [0.2, 0.25) is 0 Å². The van der Waals surface area contributed by atoms with Crippen LogP contribution in [0.15, 0.2) is 36.5 Å². The molecular formula is C15H13NOS. The highest BCUT2D eigenvalue weighted by molar-refractivity contribution is 8.13. The van der Waals surface area contributed by atoms with E-state index in [0.717, 1.165) is 28.6 Å². The summed E-state index contributed by atoms with van der Waals surface area (Å²) in [7, 11) is 0. The van der Waals surface area contributed by atoms with Gasteiger partial charge in [0.2, 0.25) is 0 Å². The SMILES string of the molecule is CC(=O)SCCC#Cc1ccnc2ccccc12. The molecule has 0 aliphatic rings. The Morgan fingerprint density at radius 2 is 2.17 bits per heavy atom. The number of para-hydroxylation sites is 1. The number of hydrogen-bond acceptors (Lipinski definition) is 3. The smallest absolute Gasteiger partial charge is 0.185 e. The van der Waals surface area contributed by atoms with Crippen molar-refractivity contribution in [3.8, 4) is 11.8 Å². The molecule has 2 aromatic rings. The lowest BCUT2D eigenvalue weighted by atomic mass is 10.1. The van der Waals surface area contributed by atoms with Gasteiger partial charge in [0.05, 0.1) is 5.52 Å². The zero-order valence-electron chi connectivity index (χ0n) is 10.1.